The van der Waals surface area contributed by atoms with Gasteiger partial charge in [0.25, 0.3) is 6.47 Å². The number of carbonyl (C=O) groups excluding carboxylic acids is 1. The molecule has 1 N–H and O–H groups in total. The molecule has 1 saturated heterocycles. The Morgan fingerprint density at radius 3 is 2.71 bits per heavy atom. The highest BCUT2D eigenvalue weighted by Crippen LogP contribution is 2.01. The van der Waals surface area contributed by atoms with Crippen LogP contribution in [0.5, 0.6) is 0 Å². The molecule has 90 valence electrons. The van der Waals surface area contributed by atoms with Crippen LogP contribution in [0.4, 0.5) is 0 Å². The van der Waals surface area contributed by atoms with Crippen LogP contribution < -0.4 is 5.32 Å². The fraction of sp³-hybridized carbons (Fsp3) is 0.385. The van der Waals surface area contributed by atoms with Crippen molar-refractivity contribution in [3.05, 3.63) is 35.9 Å². The van der Waals surface area contributed by atoms with Gasteiger partial charge >= 0.3 is 0 Å². The van der Waals surface area contributed by atoms with E-state index < -0.39 is 0 Å². The molecular formula is C13H16N2O2. The Bertz CT molecular complexity index is 353. The molecule has 1 atom stereocenters. The standard InChI is InChI=1S/C8H8O2.C5H8N2/c9-7-10-6-8-4-2-1-3-5-8;6-4-5-2-1-3-7-5/h1-5,7H,6H2;5,7H,1-3H2/t;5-/m.1/s1. The van der Waals surface area contributed by atoms with Gasteiger partial charge < -0.3 is 10.1 Å². The van der Waals surface area contributed by atoms with Crippen LogP contribution in [0.3, 0.4) is 0 Å². The topological polar surface area (TPSA) is 62.1 Å². The Morgan fingerprint density at radius 2 is 2.24 bits per heavy atom. The summed E-state index contributed by atoms with van der Waals surface area (Å²) in [4.78, 5) is 9.76. The van der Waals surface area contributed by atoms with Gasteiger partial charge in [-0.15, -0.1) is 0 Å². The Labute approximate surface area is 101 Å². The van der Waals surface area contributed by atoms with Gasteiger partial charge in [-0.1, -0.05) is 30.3 Å². The van der Waals surface area contributed by atoms with Crippen LogP contribution in [0, 0.1) is 11.3 Å². The van der Waals surface area contributed by atoms with Gasteiger partial charge in [0.15, 0.2) is 0 Å². The quantitative estimate of drug-likeness (QED) is 0.804. The summed E-state index contributed by atoms with van der Waals surface area (Å²) in [7, 11) is 0. The molecule has 0 amide bonds. The highest BCUT2D eigenvalue weighted by atomic mass is 16.5. The predicted molar refractivity (Wildman–Crippen MR) is 63.9 cm³/mol. The Balaban J connectivity index is 0.000000181. The minimum Gasteiger partial charge on any atom is -0.463 e. The third kappa shape index (κ3) is 5.69. The first kappa shape index (κ1) is 13.2. The molecule has 17 heavy (non-hydrogen) atoms. The van der Waals surface area contributed by atoms with Crippen molar-refractivity contribution in [2.45, 2.75) is 25.5 Å². The first-order chi connectivity index (χ1) is 8.36. The highest BCUT2D eigenvalue weighted by molar-refractivity contribution is 5.37. The fourth-order valence-electron chi connectivity index (χ4n) is 1.50. The lowest BCUT2D eigenvalue weighted by Gasteiger charge is -1.95. The van der Waals surface area contributed by atoms with Crippen molar-refractivity contribution in [2.24, 2.45) is 0 Å². The zero-order chi connectivity index (χ0) is 12.3. The molecule has 1 fully saturated rings. The van der Waals surface area contributed by atoms with Gasteiger partial charge in [-0.05, 0) is 24.9 Å². The summed E-state index contributed by atoms with van der Waals surface area (Å²) in [5.74, 6) is 0. The van der Waals surface area contributed by atoms with Crippen molar-refractivity contribution in [2.75, 3.05) is 6.54 Å². The Morgan fingerprint density at radius 1 is 1.47 bits per heavy atom. The maximum atomic E-state index is 9.76. The van der Waals surface area contributed by atoms with E-state index in [1.165, 1.54) is 0 Å². The van der Waals surface area contributed by atoms with Gasteiger partial charge in [0, 0.05) is 0 Å². The first-order valence-corrected chi connectivity index (χ1v) is 5.59. The van der Waals surface area contributed by atoms with E-state index in [0.717, 1.165) is 24.9 Å². The molecule has 1 heterocycles. The average Bonchev–Trinajstić information content (AvgIpc) is 2.91. The van der Waals surface area contributed by atoms with E-state index in [-0.39, 0.29) is 6.04 Å². The molecule has 0 aromatic heterocycles. The van der Waals surface area contributed by atoms with Crippen molar-refractivity contribution in [1.29, 1.82) is 5.26 Å². The maximum Gasteiger partial charge on any atom is 0.293 e. The molecule has 0 aliphatic carbocycles. The van der Waals surface area contributed by atoms with Crippen molar-refractivity contribution >= 4 is 6.47 Å². The van der Waals surface area contributed by atoms with Gasteiger partial charge in [0.05, 0.1) is 12.1 Å². The molecule has 0 unspecified atom stereocenters. The van der Waals surface area contributed by atoms with Crippen LogP contribution in [0.25, 0.3) is 0 Å². The Hall–Kier alpha value is -1.86. The smallest absolute Gasteiger partial charge is 0.293 e. The number of nitrogens with zero attached hydrogens (tertiary/aromatic N) is 1. The minimum atomic E-state index is 0.153. The van der Waals surface area contributed by atoms with E-state index in [4.69, 9.17) is 5.26 Å². The second-order valence-corrected chi connectivity index (χ2v) is 3.67. The number of ether oxygens (including phenoxy) is 1. The van der Waals surface area contributed by atoms with Crippen LogP contribution in [0.15, 0.2) is 30.3 Å². The van der Waals surface area contributed by atoms with Crippen LogP contribution in [0.1, 0.15) is 18.4 Å². The lowest BCUT2D eigenvalue weighted by molar-refractivity contribution is -0.129. The minimum absolute atomic E-state index is 0.153. The zero-order valence-corrected chi connectivity index (χ0v) is 9.63. The van der Waals surface area contributed by atoms with Crippen LogP contribution in [-0.2, 0) is 16.1 Å². The molecule has 4 nitrogen and oxygen atoms in total. The van der Waals surface area contributed by atoms with E-state index >= 15 is 0 Å². The molecule has 0 saturated carbocycles. The molecule has 1 aliphatic heterocycles. The number of hydrogen-bond acceptors (Lipinski definition) is 4. The van der Waals surface area contributed by atoms with Gasteiger partial charge in [-0.2, -0.15) is 5.26 Å². The third-order valence-corrected chi connectivity index (χ3v) is 2.38. The number of carbonyl (C=O) groups is 1. The number of rotatable bonds is 3. The first-order valence-electron chi connectivity index (χ1n) is 5.59. The second kappa shape index (κ2) is 8.31. The van der Waals surface area contributed by atoms with E-state index in [0.29, 0.717) is 13.1 Å². The molecule has 1 aromatic rings. The lowest BCUT2D eigenvalue weighted by atomic mass is 10.2. The zero-order valence-electron chi connectivity index (χ0n) is 9.63. The van der Waals surface area contributed by atoms with Crippen molar-refractivity contribution in [3.63, 3.8) is 0 Å². The number of nitrogens with one attached hydrogen (secondary N) is 1. The van der Waals surface area contributed by atoms with E-state index in [2.05, 4.69) is 16.1 Å². The van der Waals surface area contributed by atoms with Crippen molar-refractivity contribution in [3.8, 4) is 6.07 Å². The largest absolute Gasteiger partial charge is 0.463 e. The SMILES string of the molecule is N#C[C@H]1CCCN1.O=COCc1ccccc1. The van der Waals surface area contributed by atoms with E-state index in [9.17, 15) is 4.79 Å². The summed E-state index contributed by atoms with van der Waals surface area (Å²) in [6.07, 6.45) is 2.20. The highest BCUT2D eigenvalue weighted by Gasteiger charge is 2.10. The molecule has 1 aliphatic rings. The number of benzene rings is 1. The molecule has 4 heteroatoms. The van der Waals surface area contributed by atoms with Crippen LogP contribution in [-0.4, -0.2) is 19.1 Å². The normalized spacial score (nSPS) is 17.5. The summed E-state index contributed by atoms with van der Waals surface area (Å²) in [6.45, 7) is 1.84. The molecular weight excluding hydrogens is 216 g/mol. The Kier molecular flexibility index (Phi) is 6.46. The van der Waals surface area contributed by atoms with Crippen LogP contribution in [0.2, 0.25) is 0 Å². The summed E-state index contributed by atoms with van der Waals surface area (Å²) in [5.41, 5.74) is 1.01. The second-order valence-electron chi connectivity index (χ2n) is 3.67. The van der Waals surface area contributed by atoms with Crippen molar-refractivity contribution in [1.82, 2.24) is 5.32 Å². The van der Waals surface area contributed by atoms with E-state index in [1.807, 2.05) is 30.3 Å². The molecule has 0 radical (unpaired) electrons. The predicted octanol–water partition coefficient (Wildman–Crippen LogP) is 1.62. The number of hydrogen-bond donors (Lipinski definition) is 1. The van der Waals surface area contributed by atoms with Gasteiger partial charge in [-0.25, -0.2) is 0 Å². The molecule has 1 aromatic carbocycles. The lowest BCUT2D eigenvalue weighted by Crippen LogP contribution is -2.18. The summed E-state index contributed by atoms with van der Waals surface area (Å²) in [5, 5.41) is 11.3. The number of nitriles is 1. The third-order valence-electron chi connectivity index (χ3n) is 2.38. The fourth-order valence-corrected chi connectivity index (χ4v) is 1.50. The van der Waals surface area contributed by atoms with Gasteiger partial charge in [0.2, 0.25) is 0 Å². The monoisotopic (exact) mass is 232 g/mol. The average molecular weight is 232 g/mol. The van der Waals surface area contributed by atoms with Gasteiger partial charge in [-0.3, -0.25) is 4.79 Å². The summed E-state index contributed by atoms with van der Waals surface area (Å²) < 4.78 is 4.54. The van der Waals surface area contributed by atoms with Crippen LogP contribution >= 0.6 is 0 Å². The molecule has 2 rings (SSSR count). The summed E-state index contributed by atoms with van der Waals surface area (Å²) >= 11 is 0. The van der Waals surface area contributed by atoms with Gasteiger partial charge in [0.1, 0.15) is 6.61 Å². The summed E-state index contributed by atoms with van der Waals surface area (Å²) in [6, 6.07) is 11.9. The van der Waals surface area contributed by atoms with E-state index in [1.54, 1.807) is 0 Å². The van der Waals surface area contributed by atoms with Crippen molar-refractivity contribution < 1.29 is 9.53 Å². The molecule has 0 bridgehead atoms. The molecule has 0 spiro atoms. The maximum absolute atomic E-state index is 9.76.